The Morgan fingerprint density at radius 1 is 0.917 bits per heavy atom. The molecule has 1 N–H and O–H groups in total. The molecule has 1 aliphatic rings. The molecule has 1 aliphatic heterocycles. The SMILES string of the molecule is COCCN1C(=O)C(=O)/C(=C(\O)c2ccc(C)c(C)c2)C1c1ccc(OCc2ccccc2C)cc1. The maximum Gasteiger partial charge on any atom is 0.295 e. The van der Waals surface area contributed by atoms with Gasteiger partial charge in [-0.2, -0.15) is 0 Å². The molecule has 36 heavy (non-hydrogen) atoms. The number of hydrogen-bond acceptors (Lipinski definition) is 5. The number of ketones is 1. The number of nitrogens with zero attached hydrogens (tertiary/aromatic N) is 1. The van der Waals surface area contributed by atoms with Gasteiger partial charge in [0.25, 0.3) is 11.7 Å². The monoisotopic (exact) mass is 485 g/mol. The predicted octanol–water partition coefficient (Wildman–Crippen LogP) is 5.26. The highest BCUT2D eigenvalue weighted by molar-refractivity contribution is 6.46. The highest BCUT2D eigenvalue weighted by atomic mass is 16.5. The fraction of sp³-hybridized carbons (Fsp3) is 0.267. The number of carbonyl (C=O) groups excluding carboxylic acids is 2. The second-order valence-corrected chi connectivity index (χ2v) is 9.07. The van der Waals surface area contributed by atoms with Gasteiger partial charge in [0.1, 0.15) is 18.1 Å². The van der Waals surface area contributed by atoms with Crippen LogP contribution in [0, 0.1) is 20.8 Å². The van der Waals surface area contributed by atoms with E-state index in [4.69, 9.17) is 9.47 Å². The van der Waals surface area contributed by atoms with E-state index in [0.717, 1.165) is 22.3 Å². The zero-order chi connectivity index (χ0) is 25.8. The Morgan fingerprint density at radius 2 is 1.64 bits per heavy atom. The van der Waals surface area contributed by atoms with Crippen molar-refractivity contribution in [2.24, 2.45) is 0 Å². The van der Waals surface area contributed by atoms with E-state index in [0.29, 0.717) is 23.5 Å². The van der Waals surface area contributed by atoms with E-state index < -0.39 is 17.7 Å². The molecule has 0 bridgehead atoms. The summed E-state index contributed by atoms with van der Waals surface area (Å²) in [4.78, 5) is 27.5. The van der Waals surface area contributed by atoms with Crippen LogP contribution < -0.4 is 4.74 Å². The second kappa shape index (κ2) is 10.8. The van der Waals surface area contributed by atoms with Gasteiger partial charge in [-0.1, -0.05) is 48.5 Å². The third kappa shape index (κ3) is 5.04. The molecular weight excluding hydrogens is 454 g/mol. The van der Waals surface area contributed by atoms with Crippen LogP contribution in [-0.2, 0) is 20.9 Å². The molecule has 6 heteroatoms. The summed E-state index contributed by atoms with van der Waals surface area (Å²) >= 11 is 0. The summed E-state index contributed by atoms with van der Waals surface area (Å²) in [5, 5.41) is 11.2. The zero-order valence-electron chi connectivity index (χ0n) is 21.1. The number of aliphatic hydroxyl groups excluding tert-OH is 1. The molecule has 0 aliphatic carbocycles. The summed E-state index contributed by atoms with van der Waals surface area (Å²) in [7, 11) is 1.54. The van der Waals surface area contributed by atoms with E-state index in [2.05, 4.69) is 0 Å². The summed E-state index contributed by atoms with van der Waals surface area (Å²) in [5.41, 5.74) is 5.60. The highest BCUT2D eigenvalue weighted by Gasteiger charge is 2.45. The average molecular weight is 486 g/mol. The first-order valence-corrected chi connectivity index (χ1v) is 11.9. The van der Waals surface area contributed by atoms with E-state index >= 15 is 0 Å². The number of aryl methyl sites for hydroxylation is 3. The molecule has 1 saturated heterocycles. The summed E-state index contributed by atoms with van der Waals surface area (Å²) in [6.45, 7) is 6.89. The minimum absolute atomic E-state index is 0.0768. The first kappa shape index (κ1) is 25.2. The van der Waals surface area contributed by atoms with E-state index in [9.17, 15) is 14.7 Å². The average Bonchev–Trinajstić information content (AvgIpc) is 3.13. The van der Waals surface area contributed by atoms with E-state index in [1.165, 1.54) is 4.90 Å². The van der Waals surface area contributed by atoms with Crippen LogP contribution in [0.25, 0.3) is 5.76 Å². The minimum atomic E-state index is -0.729. The third-order valence-electron chi connectivity index (χ3n) is 6.71. The zero-order valence-corrected chi connectivity index (χ0v) is 21.1. The Balaban J connectivity index is 1.68. The molecule has 3 aromatic rings. The number of hydrogen-bond donors (Lipinski definition) is 1. The van der Waals surface area contributed by atoms with Crippen LogP contribution in [0.2, 0.25) is 0 Å². The molecule has 3 aromatic carbocycles. The fourth-order valence-electron chi connectivity index (χ4n) is 4.37. The number of Topliss-reactive ketones (excluding diaryl/α,β-unsaturated/α-hetero) is 1. The number of ether oxygens (including phenoxy) is 2. The van der Waals surface area contributed by atoms with Crippen molar-refractivity contribution in [1.82, 2.24) is 4.90 Å². The van der Waals surface area contributed by atoms with Gasteiger partial charge >= 0.3 is 0 Å². The standard InChI is InChI=1S/C30H31NO5/c1-19-9-10-23(17-21(19)3)28(32)26-27(31(15-16-35-4)30(34)29(26)33)22-11-13-25(14-12-22)36-18-24-8-6-5-7-20(24)2/h5-14,17,27,32H,15-16,18H2,1-4H3/b28-26-. The lowest BCUT2D eigenvalue weighted by molar-refractivity contribution is -0.140. The molecule has 1 amide bonds. The smallest absolute Gasteiger partial charge is 0.295 e. The lowest BCUT2D eigenvalue weighted by Crippen LogP contribution is -2.32. The van der Waals surface area contributed by atoms with Gasteiger partial charge in [-0.25, -0.2) is 0 Å². The van der Waals surface area contributed by atoms with Crippen LogP contribution in [0.3, 0.4) is 0 Å². The van der Waals surface area contributed by atoms with Crippen molar-refractivity contribution in [2.75, 3.05) is 20.3 Å². The van der Waals surface area contributed by atoms with Crippen LogP contribution in [0.15, 0.2) is 72.3 Å². The van der Waals surface area contributed by atoms with Crippen molar-refractivity contribution in [3.05, 3.63) is 106 Å². The van der Waals surface area contributed by atoms with Crippen LogP contribution in [-0.4, -0.2) is 42.0 Å². The number of methoxy groups -OCH3 is 1. The van der Waals surface area contributed by atoms with Gasteiger partial charge in [-0.05, 0) is 66.8 Å². The quantitative estimate of drug-likeness (QED) is 0.268. The molecule has 6 nitrogen and oxygen atoms in total. The Bertz CT molecular complexity index is 1310. The van der Waals surface area contributed by atoms with Gasteiger partial charge in [0.2, 0.25) is 0 Å². The largest absolute Gasteiger partial charge is 0.507 e. The van der Waals surface area contributed by atoms with E-state index in [1.54, 1.807) is 13.2 Å². The fourth-order valence-corrected chi connectivity index (χ4v) is 4.37. The summed E-state index contributed by atoms with van der Waals surface area (Å²) in [6, 6.07) is 20.1. The molecular formula is C30H31NO5. The Kier molecular flexibility index (Phi) is 7.55. The minimum Gasteiger partial charge on any atom is -0.507 e. The molecule has 1 atom stereocenters. The number of rotatable bonds is 8. The summed E-state index contributed by atoms with van der Waals surface area (Å²) in [5.74, 6) is -0.861. The van der Waals surface area contributed by atoms with Crippen molar-refractivity contribution in [1.29, 1.82) is 0 Å². The van der Waals surface area contributed by atoms with Gasteiger partial charge in [0.15, 0.2) is 0 Å². The van der Waals surface area contributed by atoms with E-state index in [1.807, 2.05) is 81.4 Å². The Morgan fingerprint density at radius 3 is 2.31 bits per heavy atom. The number of aliphatic hydroxyl groups is 1. The van der Waals surface area contributed by atoms with Crippen LogP contribution in [0.1, 0.15) is 39.4 Å². The van der Waals surface area contributed by atoms with Gasteiger partial charge in [0, 0.05) is 19.2 Å². The first-order chi connectivity index (χ1) is 17.3. The lowest BCUT2D eigenvalue weighted by atomic mass is 9.94. The number of carbonyl (C=O) groups is 2. The lowest BCUT2D eigenvalue weighted by Gasteiger charge is -2.25. The van der Waals surface area contributed by atoms with Crippen LogP contribution >= 0.6 is 0 Å². The molecule has 0 saturated carbocycles. The normalized spacial score (nSPS) is 17.0. The number of benzene rings is 3. The summed E-state index contributed by atoms with van der Waals surface area (Å²) < 4.78 is 11.1. The van der Waals surface area contributed by atoms with Gasteiger partial charge < -0.3 is 19.5 Å². The van der Waals surface area contributed by atoms with Crippen molar-refractivity contribution >= 4 is 17.4 Å². The Hall–Kier alpha value is -3.90. The van der Waals surface area contributed by atoms with Crippen molar-refractivity contribution < 1.29 is 24.2 Å². The second-order valence-electron chi connectivity index (χ2n) is 9.07. The van der Waals surface area contributed by atoms with Gasteiger partial charge in [-0.3, -0.25) is 9.59 Å². The van der Waals surface area contributed by atoms with Crippen molar-refractivity contribution in [3.8, 4) is 5.75 Å². The van der Waals surface area contributed by atoms with Crippen molar-refractivity contribution in [2.45, 2.75) is 33.4 Å². The molecule has 186 valence electrons. The maximum atomic E-state index is 13.1. The molecule has 1 fully saturated rings. The first-order valence-electron chi connectivity index (χ1n) is 11.9. The molecule has 0 spiro atoms. The van der Waals surface area contributed by atoms with Gasteiger partial charge in [-0.15, -0.1) is 0 Å². The molecule has 1 heterocycles. The molecule has 0 radical (unpaired) electrons. The predicted molar refractivity (Wildman–Crippen MR) is 139 cm³/mol. The third-order valence-corrected chi connectivity index (χ3v) is 6.71. The molecule has 4 rings (SSSR count). The maximum absolute atomic E-state index is 13.1. The Labute approximate surface area is 211 Å². The van der Waals surface area contributed by atoms with Crippen LogP contribution in [0.4, 0.5) is 0 Å². The van der Waals surface area contributed by atoms with Crippen molar-refractivity contribution in [3.63, 3.8) is 0 Å². The molecule has 0 aromatic heterocycles. The van der Waals surface area contributed by atoms with Crippen LogP contribution in [0.5, 0.6) is 5.75 Å². The summed E-state index contributed by atoms with van der Waals surface area (Å²) in [6.07, 6.45) is 0. The topological polar surface area (TPSA) is 76.1 Å². The highest BCUT2D eigenvalue weighted by Crippen LogP contribution is 2.40. The van der Waals surface area contributed by atoms with E-state index in [-0.39, 0.29) is 24.5 Å². The van der Waals surface area contributed by atoms with Gasteiger partial charge in [0.05, 0.1) is 18.2 Å². The molecule has 1 unspecified atom stereocenters. The number of likely N-dealkylation sites (tertiary alicyclic amines) is 1. The number of amides is 1.